The quantitative estimate of drug-likeness (QED) is 0.775. The van der Waals surface area contributed by atoms with Crippen molar-refractivity contribution in [3.8, 4) is 0 Å². The Morgan fingerprint density at radius 1 is 1.38 bits per heavy atom. The van der Waals surface area contributed by atoms with Crippen molar-refractivity contribution in [3.05, 3.63) is 29.6 Å². The number of nitrogens with one attached hydrogen (secondary N) is 1. The molecule has 7 heteroatoms. The predicted molar refractivity (Wildman–Crippen MR) is 74.7 cm³/mol. The number of aliphatic carboxylic acids is 1. The van der Waals surface area contributed by atoms with Gasteiger partial charge in [-0.25, -0.2) is 9.59 Å². The summed E-state index contributed by atoms with van der Waals surface area (Å²) in [6, 6.07) is 1.61. The van der Waals surface area contributed by atoms with Gasteiger partial charge in [-0.15, -0.1) is 0 Å². The number of carboxylic acid groups (broad SMARTS) is 1. The van der Waals surface area contributed by atoms with E-state index in [4.69, 9.17) is 4.74 Å². The van der Waals surface area contributed by atoms with E-state index in [2.05, 4.69) is 10.3 Å². The molecular weight excluding hydrogens is 276 g/mol. The van der Waals surface area contributed by atoms with Gasteiger partial charge in [-0.1, -0.05) is 6.07 Å². The van der Waals surface area contributed by atoms with Crippen LogP contribution in [0.15, 0.2) is 18.3 Å². The number of amides is 1. The Bertz CT molecular complexity index is 524. The third-order valence-corrected chi connectivity index (χ3v) is 2.62. The van der Waals surface area contributed by atoms with Crippen LogP contribution in [0.1, 0.15) is 38.1 Å². The molecule has 116 valence electrons. The molecule has 3 N–H and O–H groups in total. The predicted octanol–water partition coefficient (Wildman–Crippen LogP) is 1.40. The fourth-order valence-electron chi connectivity index (χ4n) is 1.70. The van der Waals surface area contributed by atoms with Crippen LogP contribution < -0.4 is 5.32 Å². The van der Waals surface area contributed by atoms with E-state index in [-0.39, 0.29) is 0 Å². The number of aromatic nitrogens is 1. The highest BCUT2D eigenvalue weighted by Crippen LogP contribution is 2.20. The lowest BCUT2D eigenvalue weighted by Gasteiger charge is -2.24. The van der Waals surface area contributed by atoms with Crippen molar-refractivity contribution < 1.29 is 24.5 Å². The van der Waals surface area contributed by atoms with Crippen molar-refractivity contribution in [3.63, 3.8) is 0 Å². The number of hydrogen-bond acceptors (Lipinski definition) is 5. The molecule has 0 aliphatic carbocycles. The van der Waals surface area contributed by atoms with Gasteiger partial charge < -0.3 is 20.3 Å². The van der Waals surface area contributed by atoms with Crippen LogP contribution in [0, 0.1) is 6.92 Å². The minimum absolute atomic E-state index is 0.334. The first-order chi connectivity index (χ1) is 9.61. The van der Waals surface area contributed by atoms with E-state index < -0.39 is 29.8 Å². The number of alkyl carbamates (subject to hydrolysis) is 1. The molecule has 0 aromatic carbocycles. The normalized spacial score (nSPS) is 14.1. The average Bonchev–Trinajstić information content (AvgIpc) is 2.33. The van der Waals surface area contributed by atoms with Crippen LogP contribution >= 0.6 is 0 Å². The zero-order valence-electron chi connectivity index (χ0n) is 12.5. The summed E-state index contributed by atoms with van der Waals surface area (Å²) in [5.74, 6) is -1.36. The summed E-state index contributed by atoms with van der Waals surface area (Å²) in [4.78, 5) is 26.9. The lowest BCUT2D eigenvalue weighted by molar-refractivity contribution is -0.142. The van der Waals surface area contributed by atoms with Crippen molar-refractivity contribution >= 4 is 12.1 Å². The summed E-state index contributed by atoms with van der Waals surface area (Å²) >= 11 is 0. The van der Waals surface area contributed by atoms with Crippen LogP contribution in [-0.2, 0) is 9.53 Å². The molecule has 1 aromatic rings. The second-order valence-corrected chi connectivity index (χ2v) is 5.59. The van der Waals surface area contributed by atoms with Gasteiger partial charge in [-0.05, 0) is 33.8 Å². The molecule has 0 aliphatic rings. The molecule has 2 atom stereocenters. The van der Waals surface area contributed by atoms with Crippen molar-refractivity contribution in [2.75, 3.05) is 0 Å². The number of aliphatic hydroxyl groups is 1. The maximum absolute atomic E-state index is 11.7. The number of aliphatic hydroxyl groups excluding tert-OH is 1. The Labute approximate surface area is 123 Å². The van der Waals surface area contributed by atoms with Crippen molar-refractivity contribution in [1.29, 1.82) is 0 Å². The fraction of sp³-hybridized carbons (Fsp3) is 0.500. The van der Waals surface area contributed by atoms with Crippen LogP contribution in [0.4, 0.5) is 4.79 Å². The molecule has 1 rings (SSSR count). The third kappa shape index (κ3) is 5.03. The molecule has 1 aromatic heterocycles. The van der Waals surface area contributed by atoms with Gasteiger partial charge in [0.1, 0.15) is 11.7 Å². The lowest BCUT2D eigenvalue weighted by atomic mass is 10.0. The Morgan fingerprint density at radius 2 is 2.00 bits per heavy atom. The molecule has 0 unspecified atom stereocenters. The number of nitrogens with zero attached hydrogens (tertiary/aromatic N) is 1. The second kappa shape index (κ2) is 6.53. The first-order valence-electron chi connectivity index (χ1n) is 6.43. The summed E-state index contributed by atoms with van der Waals surface area (Å²) < 4.78 is 4.99. The smallest absolute Gasteiger partial charge is 0.408 e. The van der Waals surface area contributed by atoms with E-state index in [1.165, 1.54) is 6.20 Å². The Balaban J connectivity index is 2.90. The number of carbonyl (C=O) groups is 2. The van der Waals surface area contributed by atoms with Crippen molar-refractivity contribution in [1.82, 2.24) is 10.3 Å². The summed E-state index contributed by atoms with van der Waals surface area (Å²) in [5, 5.41) is 21.5. The van der Waals surface area contributed by atoms with Gasteiger partial charge in [-0.3, -0.25) is 4.98 Å². The van der Waals surface area contributed by atoms with Gasteiger partial charge in [-0.2, -0.15) is 0 Å². The minimum atomic E-state index is -1.53. The molecule has 0 fully saturated rings. The van der Waals surface area contributed by atoms with E-state index in [0.717, 1.165) is 0 Å². The number of ether oxygens (including phenoxy) is 1. The van der Waals surface area contributed by atoms with E-state index >= 15 is 0 Å². The van der Waals surface area contributed by atoms with Crippen LogP contribution in [0.3, 0.4) is 0 Å². The van der Waals surface area contributed by atoms with E-state index in [1.807, 2.05) is 0 Å². The minimum Gasteiger partial charge on any atom is -0.480 e. The average molecular weight is 296 g/mol. The highest BCUT2D eigenvalue weighted by Gasteiger charge is 2.32. The topological polar surface area (TPSA) is 109 Å². The van der Waals surface area contributed by atoms with Gasteiger partial charge in [0, 0.05) is 17.5 Å². The Kier molecular flexibility index (Phi) is 5.26. The first-order valence-corrected chi connectivity index (χ1v) is 6.43. The number of pyridine rings is 1. The number of hydrogen-bond donors (Lipinski definition) is 3. The highest BCUT2D eigenvalue weighted by atomic mass is 16.6. The van der Waals surface area contributed by atoms with Crippen LogP contribution in [0.5, 0.6) is 0 Å². The first kappa shape index (κ1) is 16.9. The molecule has 0 bridgehead atoms. The van der Waals surface area contributed by atoms with Gasteiger partial charge in [0.15, 0.2) is 6.04 Å². The van der Waals surface area contributed by atoms with Gasteiger partial charge in [0.25, 0.3) is 0 Å². The van der Waals surface area contributed by atoms with Gasteiger partial charge >= 0.3 is 12.1 Å². The van der Waals surface area contributed by atoms with Crippen molar-refractivity contribution in [2.24, 2.45) is 0 Å². The summed E-state index contributed by atoms with van der Waals surface area (Å²) in [6.45, 7) is 6.61. The second-order valence-electron chi connectivity index (χ2n) is 5.59. The Morgan fingerprint density at radius 3 is 2.48 bits per heavy atom. The molecule has 7 nitrogen and oxygen atoms in total. The fourth-order valence-corrected chi connectivity index (χ4v) is 1.70. The van der Waals surface area contributed by atoms with E-state index in [0.29, 0.717) is 11.3 Å². The van der Waals surface area contributed by atoms with Gasteiger partial charge in [0.2, 0.25) is 0 Å². The molecule has 0 aliphatic heterocycles. The molecule has 1 heterocycles. The number of aryl methyl sites for hydroxylation is 1. The molecule has 0 saturated heterocycles. The third-order valence-electron chi connectivity index (χ3n) is 2.62. The molecule has 0 saturated carbocycles. The summed E-state index contributed by atoms with van der Waals surface area (Å²) in [5.41, 5.74) is 0.0608. The lowest BCUT2D eigenvalue weighted by Crippen LogP contribution is -2.47. The number of carbonyl (C=O) groups excluding carboxylic acids is 1. The highest BCUT2D eigenvalue weighted by molar-refractivity contribution is 5.81. The monoisotopic (exact) mass is 296 g/mol. The molecule has 0 spiro atoms. The molecular formula is C14H20N2O5. The van der Waals surface area contributed by atoms with Crippen LogP contribution in [0.25, 0.3) is 0 Å². The SMILES string of the molecule is Cc1ncccc1[C@@H](O)[C@@H](NC(=O)OC(C)(C)C)C(=O)O. The van der Waals surface area contributed by atoms with Gasteiger partial charge in [0.05, 0.1) is 0 Å². The number of carboxylic acids is 1. The zero-order chi connectivity index (χ0) is 16.2. The van der Waals surface area contributed by atoms with E-state index in [1.54, 1.807) is 39.8 Å². The summed E-state index contributed by atoms with van der Waals surface area (Å²) in [7, 11) is 0. The standard InChI is InChI=1S/C14H20N2O5/c1-8-9(6-5-7-15-8)11(17)10(12(18)19)16-13(20)21-14(2,3)4/h5-7,10-11,17H,1-4H3,(H,16,20)(H,18,19)/t10-,11-/m1/s1. The maximum atomic E-state index is 11.7. The van der Waals surface area contributed by atoms with Crippen molar-refractivity contribution in [2.45, 2.75) is 45.4 Å². The Hall–Kier alpha value is -2.15. The van der Waals surface area contributed by atoms with Crippen LogP contribution in [0.2, 0.25) is 0 Å². The molecule has 0 radical (unpaired) electrons. The zero-order valence-corrected chi connectivity index (χ0v) is 12.5. The molecule has 1 amide bonds. The van der Waals surface area contributed by atoms with E-state index in [9.17, 15) is 19.8 Å². The maximum Gasteiger partial charge on any atom is 0.408 e. The van der Waals surface area contributed by atoms with Crippen LogP contribution in [-0.4, -0.2) is 38.9 Å². The molecule has 21 heavy (non-hydrogen) atoms. The number of rotatable bonds is 4. The summed E-state index contributed by atoms with van der Waals surface area (Å²) in [6.07, 6.45) is -0.804. The largest absolute Gasteiger partial charge is 0.480 e.